The van der Waals surface area contributed by atoms with E-state index in [2.05, 4.69) is 20.1 Å². The summed E-state index contributed by atoms with van der Waals surface area (Å²) in [6.07, 6.45) is 5.41. The van der Waals surface area contributed by atoms with E-state index in [-0.39, 0.29) is 18.9 Å². The fourth-order valence-electron chi connectivity index (χ4n) is 2.51. The van der Waals surface area contributed by atoms with Gasteiger partial charge < -0.3 is 13.7 Å². The number of ether oxygens (including phenoxy) is 1. The molecule has 0 bridgehead atoms. The van der Waals surface area contributed by atoms with Crippen molar-refractivity contribution in [1.29, 1.82) is 0 Å². The van der Waals surface area contributed by atoms with Crippen LogP contribution in [0.15, 0.2) is 70.0 Å². The van der Waals surface area contributed by atoms with E-state index in [0.29, 0.717) is 23.9 Å². The predicted molar refractivity (Wildman–Crippen MR) is 97.6 cm³/mol. The molecule has 0 fully saturated rings. The molecule has 28 heavy (non-hydrogen) atoms. The topological polar surface area (TPSA) is 104 Å². The molecule has 0 saturated heterocycles. The Hall–Kier alpha value is -3.81. The molecule has 0 radical (unpaired) electrons. The van der Waals surface area contributed by atoms with E-state index < -0.39 is 5.97 Å². The van der Waals surface area contributed by atoms with Crippen LogP contribution in [0.4, 0.5) is 0 Å². The summed E-state index contributed by atoms with van der Waals surface area (Å²) >= 11 is 0. The molecule has 0 amide bonds. The first kappa shape index (κ1) is 17.6. The van der Waals surface area contributed by atoms with E-state index in [1.165, 1.54) is 0 Å². The molecule has 0 aliphatic rings. The minimum absolute atomic E-state index is 0.0903. The molecule has 0 atom stereocenters. The lowest BCUT2D eigenvalue weighted by atomic mass is 10.2. The number of hydrogen-bond donors (Lipinski definition) is 0. The van der Waals surface area contributed by atoms with Crippen LogP contribution < -0.4 is 0 Å². The maximum atomic E-state index is 12.0. The Kier molecular flexibility index (Phi) is 5.19. The van der Waals surface area contributed by atoms with Gasteiger partial charge in [-0.2, -0.15) is 4.98 Å². The van der Waals surface area contributed by atoms with Gasteiger partial charge in [0.1, 0.15) is 0 Å². The average Bonchev–Trinajstić information content (AvgIpc) is 3.42. The minimum Gasteiger partial charge on any atom is -0.456 e. The Balaban J connectivity index is 1.26. The summed E-state index contributed by atoms with van der Waals surface area (Å²) in [5, 5.41) is 3.85. The quantitative estimate of drug-likeness (QED) is 0.452. The molecule has 8 heteroatoms. The SMILES string of the molecule is O=C(CCc1ncc(-c2ccccc2)o1)OCc1nc(-c2cccnc2)no1. The number of carbonyl (C=O) groups is 1. The Morgan fingerprint density at radius 2 is 1.86 bits per heavy atom. The normalized spacial score (nSPS) is 10.7. The fourth-order valence-corrected chi connectivity index (χ4v) is 2.51. The van der Waals surface area contributed by atoms with Crippen LogP contribution in [0.25, 0.3) is 22.7 Å². The van der Waals surface area contributed by atoms with Crippen LogP contribution in [0.2, 0.25) is 0 Å². The van der Waals surface area contributed by atoms with Crippen LogP contribution in [-0.4, -0.2) is 26.1 Å². The highest BCUT2D eigenvalue weighted by molar-refractivity contribution is 5.69. The molecule has 3 aromatic heterocycles. The van der Waals surface area contributed by atoms with Gasteiger partial charge in [-0.3, -0.25) is 9.78 Å². The van der Waals surface area contributed by atoms with Crippen LogP contribution >= 0.6 is 0 Å². The third-order valence-electron chi connectivity index (χ3n) is 3.90. The highest BCUT2D eigenvalue weighted by Crippen LogP contribution is 2.20. The summed E-state index contributed by atoms with van der Waals surface area (Å²) in [4.78, 5) is 24.3. The molecule has 0 saturated carbocycles. The zero-order valence-electron chi connectivity index (χ0n) is 14.8. The molecular weight excluding hydrogens is 360 g/mol. The van der Waals surface area contributed by atoms with Crippen molar-refractivity contribution in [2.45, 2.75) is 19.4 Å². The summed E-state index contributed by atoms with van der Waals surface area (Å²) in [6, 6.07) is 13.2. The number of carbonyl (C=O) groups excluding carboxylic acids is 1. The lowest BCUT2D eigenvalue weighted by Crippen LogP contribution is -2.06. The van der Waals surface area contributed by atoms with Crippen LogP contribution in [0.5, 0.6) is 0 Å². The molecule has 0 N–H and O–H groups in total. The van der Waals surface area contributed by atoms with Gasteiger partial charge in [0.25, 0.3) is 5.89 Å². The van der Waals surface area contributed by atoms with Crippen molar-refractivity contribution in [3.63, 3.8) is 0 Å². The molecule has 4 aromatic rings. The number of rotatable bonds is 7. The van der Waals surface area contributed by atoms with Gasteiger partial charge in [-0.25, -0.2) is 4.98 Å². The van der Waals surface area contributed by atoms with Gasteiger partial charge in [0.15, 0.2) is 18.3 Å². The van der Waals surface area contributed by atoms with Crippen LogP contribution in [0, 0.1) is 0 Å². The number of benzene rings is 1. The number of esters is 1. The number of oxazole rings is 1. The lowest BCUT2D eigenvalue weighted by molar-refractivity contribution is -0.145. The molecule has 0 unspecified atom stereocenters. The summed E-state index contributed by atoms with van der Waals surface area (Å²) in [7, 11) is 0. The molecule has 4 rings (SSSR count). The summed E-state index contributed by atoms with van der Waals surface area (Å²) in [5.74, 6) is 1.35. The monoisotopic (exact) mass is 376 g/mol. The second-order valence-corrected chi connectivity index (χ2v) is 5.90. The Morgan fingerprint density at radius 3 is 2.68 bits per heavy atom. The van der Waals surface area contributed by atoms with Crippen molar-refractivity contribution < 1.29 is 18.5 Å². The zero-order valence-corrected chi connectivity index (χ0v) is 14.8. The van der Waals surface area contributed by atoms with E-state index in [1.54, 1.807) is 24.7 Å². The second kappa shape index (κ2) is 8.26. The fraction of sp³-hybridized carbons (Fsp3) is 0.150. The van der Waals surface area contributed by atoms with E-state index in [4.69, 9.17) is 13.7 Å². The van der Waals surface area contributed by atoms with Gasteiger partial charge in [-0.05, 0) is 12.1 Å². The molecule has 3 heterocycles. The number of hydrogen-bond acceptors (Lipinski definition) is 8. The molecular formula is C20H16N4O4. The van der Waals surface area contributed by atoms with Gasteiger partial charge in [0.2, 0.25) is 5.82 Å². The first-order valence-corrected chi connectivity index (χ1v) is 8.66. The molecule has 140 valence electrons. The van der Waals surface area contributed by atoms with Gasteiger partial charge in [0.05, 0.1) is 12.6 Å². The standard InChI is InChI=1S/C20H16N4O4/c25-19(9-8-17-22-12-16(27-17)14-5-2-1-3-6-14)26-13-18-23-20(24-28-18)15-7-4-10-21-11-15/h1-7,10-12H,8-9,13H2. The summed E-state index contributed by atoms with van der Waals surface area (Å²) < 4.78 is 15.9. The van der Waals surface area contributed by atoms with Crippen molar-refractivity contribution in [1.82, 2.24) is 20.1 Å². The first-order valence-electron chi connectivity index (χ1n) is 8.66. The maximum Gasteiger partial charge on any atom is 0.306 e. The third-order valence-corrected chi connectivity index (χ3v) is 3.90. The Morgan fingerprint density at radius 1 is 1.00 bits per heavy atom. The van der Waals surface area contributed by atoms with E-state index in [0.717, 1.165) is 11.1 Å². The number of nitrogens with zero attached hydrogens (tertiary/aromatic N) is 4. The Labute approximate surface area is 160 Å². The largest absolute Gasteiger partial charge is 0.456 e. The third kappa shape index (κ3) is 4.29. The van der Waals surface area contributed by atoms with E-state index in [1.807, 2.05) is 36.4 Å². The first-order chi connectivity index (χ1) is 13.8. The minimum atomic E-state index is -0.402. The zero-order chi connectivity index (χ0) is 19.2. The summed E-state index contributed by atoms with van der Waals surface area (Å²) in [6.45, 7) is -0.0903. The van der Waals surface area contributed by atoms with Gasteiger partial charge in [-0.1, -0.05) is 35.5 Å². The number of pyridine rings is 1. The van der Waals surface area contributed by atoms with Crippen LogP contribution in [0.1, 0.15) is 18.2 Å². The van der Waals surface area contributed by atoms with Crippen molar-refractivity contribution in [2.75, 3.05) is 0 Å². The van der Waals surface area contributed by atoms with Crippen molar-refractivity contribution >= 4 is 5.97 Å². The van der Waals surface area contributed by atoms with Gasteiger partial charge >= 0.3 is 5.97 Å². The molecule has 1 aromatic carbocycles. The van der Waals surface area contributed by atoms with Crippen LogP contribution in [-0.2, 0) is 22.6 Å². The summed E-state index contributed by atoms with van der Waals surface area (Å²) in [5.41, 5.74) is 1.66. The second-order valence-electron chi connectivity index (χ2n) is 5.90. The highest BCUT2D eigenvalue weighted by atomic mass is 16.6. The maximum absolute atomic E-state index is 12.0. The molecule has 8 nitrogen and oxygen atoms in total. The number of aryl methyl sites for hydroxylation is 1. The molecule has 0 aliphatic heterocycles. The van der Waals surface area contributed by atoms with E-state index in [9.17, 15) is 4.79 Å². The molecule has 0 spiro atoms. The van der Waals surface area contributed by atoms with Gasteiger partial charge in [-0.15, -0.1) is 0 Å². The molecule has 0 aliphatic carbocycles. The predicted octanol–water partition coefficient (Wildman–Crippen LogP) is 3.46. The number of aromatic nitrogens is 4. The average molecular weight is 376 g/mol. The van der Waals surface area contributed by atoms with Crippen LogP contribution in [0.3, 0.4) is 0 Å². The smallest absolute Gasteiger partial charge is 0.306 e. The van der Waals surface area contributed by atoms with Crippen molar-refractivity contribution in [3.8, 4) is 22.7 Å². The van der Waals surface area contributed by atoms with Crippen molar-refractivity contribution in [2.24, 2.45) is 0 Å². The van der Waals surface area contributed by atoms with Gasteiger partial charge in [0, 0.05) is 29.9 Å². The van der Waals surface area contributed by atoms with Crippen molar-refractivity contribution in [3.05, 3.63) is 72.8 Å². The lowest BCUT2D eigenvalue weighted by Gasteiger charge is -2.00. The Bertz CT molecular complexity index is 961. The van der Waals surface area contributed by atoms with E-state index >= 15 is 0 Å². The highest BCUT2D eigenvalue weighted by Gasteiger charge is 2.13.